The highest BCUT2D eigenvalue weighted by molar-refractivity contribution is 9.10. The molecule has 1 saturated carbocycles. The Balaban J connectivity index is 1.60. The van der Waals surface area contributed by atoms with Crippen LogP contribution in [0.4, 0.5) is 0 Å². The van der Waals surface area contributed by atoms with Crippen molar-refractivity contribution in [2.45, 2.75) is 31.8 Å². The Morgan fingerprint density at radius 3 is 2.78 bits per heavy atom. The molecule has 122 valence electrons. The smallest absolute Gasteiger partial charge is 0.191 e. The minimum absolute atomic E-state index is 0.459. The van der Waals surface area contributed by atoms with Gasteiger partial charge in [0.2, 0.25) is 0 Å². The van der Waals surface area contributed by atoms with Gasteiger partial charge in [-0.25, -0.2) is 4.99 Å². The van der Waals surface area contributed by atoms with Gasteiger partial charge in [0, 0.05) is 36.2 Å². The number of benzene rings is 1. The number of aryl methyl sites for hydroxylation is 1. The molecule has 2 N–H and O–H groups in total. The maximum Gasteiger partial charge on any atom is 0.191 e. The number of rotatable bonds is 5. The van der Waals surface area contributed by atoms with E-state index in [1.54, 1.807) is 6.20 Å². The van der Waals surface area contributed by atoms with Crippen molar-refractivity contribution in [2.75, 3.05) is 6.54 Å². The standard InChI is InChI=1S/C17H22BrN5/c1-3-19-17(20-11-14-8-9-21-23(14)2)22-16-10-15(16)12-4-6-13(18)7-5-12/h4-9,15-16H,3,10-11H2,1-2H3,(H2,19,20,22). The zero-order chi connectivity index (χ0) is 16.2. The fourth-order valence-corrected chi connectivity index (χ4v) is 2.91. The van der Waals surface area contributed by atoms with Crippen LogP contribution in [0.15, 0.2) is 46.0 Å². The first-order valence-corrected chi connectivity index (χ1v) is 8.74. The van der Waals surface area contributed by atoms with E-state index in [2.05, 4.69) is 67.8 Å². The summed E-state index contributed by atoms with van der Waals surface area (Å²) in [4.78, 5) is 4.67. The summed E-state index contributed by atoms with van der Waals surface area (Å²) in [5.41, 5.74) is 2.48. The van der Waals surface area contributed by atoms with E-state index in [4.69, 9.17) is 0 Å². The predicted molar refractivity (Wildman–Crippen MR) is 96.4 cm³/mol. The van der Waals surface area contributed by atoms with Gasteiger partial charge in [-0.2, -0.15) is 5.10 Å². The SMILES string of the molecule is CCNC(=NCc1ccnn1C)NC1CC1c1ccc(Br)cc1. The van der Waals surface area contributed by atoms with Crippen LogP contribution in [0.3, 0.4) is 0 Å². The van der Waals surface area contributed by atoms with Gasteiger partial charge in [0.05, 0.1) is 12.2 Å². The fraction of sp³-hybridized carbons (Fsp3) is 0.412. The number of nitrogens with one attached hydrogen (secondary N) is 2. The number of aromatic nitrogens is 2. The summed E-state index contributed by atoms with van der Waals surface area (Å²) in [5.74, 6) is 1.45. The Bertz CT molecular complexity index is 677. The second-order valence-corrected chi connectivity index (χ2v) is 6.70. The summed E-state index contributed by atoms with van der Waals surface area (Å²) < 4.78 is 2.98. The summed E-state index contributed by atoms with van der Waals surface area (Å²) in [6.45, 7) is 3.56. The van der Waals surface area contributed by atoms with Gasteiger partial charge in [-0.1, -0.05) is 28.1 Å². The van der Waals surface area contributed by atoms with Gasteiger partial charge >= 0.3 is 0 Å². The Morgan fingerprint density at radius 2 is 2.13 bits per heavy atom. The Labute approximate surface area is 145 Å². The molecule has 6 heteroatoms. The summed E-state index contributed by atoms with van der Waals surface area (Å²) >= 11 is 3.48. The summed E-state index contributed by atoms with van der Waals surface area (Å²) in [6.07, 6.45) is 2.95. The number of hydrogen-bond acceptors (Lipinski definition) is 2. The molecule has 0 radical (unpaired) electrons. The van der Waals surface area contributed by atoms with E-state index in [1.807, 2.05) is 17.8 Å². The molecular formula is C17H22BrN5. The van der Waals surface area contributed by atoms with Crippen LogP contribution in [0.5, 0.6) is 0 Å². The van der Waals surface area contributed by atoms with E-state index in [-0.39, 0.29) is 0 Å². The molecular weight excluding hydrogens is 354 g/mol. The van der Waals surface area contributed by atoms with Crippen LogP contribution in [-0.4, -0.2) is 28.3 Å². The number of nitrogens with zero attached hydrogens (tertiary/aromatic N) is 3. The lowest BCUT2D eigenvalue weighted by Crippen LogP contribution is -2.39. The maximum absolute atomic E-state index is 4.67. The van der Waals surface area contributed by atoms with Crippen molar-refractivity contribution < 1.29 is 0 Å². The molecule has 1 aliphatic rings. The van der Waals surface area contributed by atoms with E-state index >= 15 is 0 Å². The van der Waals surface area contributed by atoms with Crippen LogP contribution in [0.25, 0.3) is 0 Å². The van der Waals surface area contributed by atoms with Gasteiger partial charge in [0.15, 0.2) is 5.96 Å². The van der Waals surface area contributed by atoms with Gasteiger partial charge in [0.25, 0.3) is 0 Å². The fourth-order valence-electron chi connectivity index (χ4n) is 2.65. The summed E-state index contributed by atoms with van der Waals surface area (Å²) in [5, 5.41) is 11.0. The molecule has 1 aromatic carbocycles. The second kappa shape index (κ2) is 7.17. The Kier molecular flexibility index (Phi) is 5.00. The molecule has 1 fully saturated rings. The van der Waals surface area contributed by atoms with Crippen molar-refractivity contribution in [2.24, 2.45) is 12.0 Å². The number of aliphatic imine (C=N–C) groups is 1. The topological polar surface area (TPSA) is 54.2 Å². The lowest BCUT2D eigenvalue weighted by atomic mass is 10.1. The number of guanidine groups is 1. The highest BCUT2D eigenvalue weighted by Crippen LogP contribution is 2.40. The van der Waals surface area contributed by atoms with E-state index < -0.39 is 0 Å². The van der Waals surface area contributed by atoms with E-state index in [0.29, 0.717) is 18.5 Å². The van der Waals surface area contributed by atoms with Gasteiger partial charge < -0.3 is 10.6 Å². The normalized spacial score (nSPS) is 20.4. The highest BCUT2D eigenvalue weighted by Gasteiger charge is 2.38. The predicted octanol–water partition coefficient (Wildman–Crippen LogP) is 2.79. The molecule has 23 heavy (non-hydrogen) atoms. The molecule has 0 bridgehead atoms. The highest BCUT2D eigenvalue weighted by atomic mass is 79.9. The molecule has 0 aliphatic heterocycles. The van der Waals surface area contributed by atoms with Crippen LogP contribution in [0.1, 0.15) is 30.5 Å². The molecule has 0 saturated heterocycles. The van der Waals surface area contributed by atoms with Crippen LogP contribution >= 0.6 is 15.9 Å². The lowest BCUT2D eigenvalue weighted by Gasteiger charge is -2.11. The van der Waals surface area contributed by atoms with Crippen LogP contribution in [-0.2, 0) is 13.6 Å². The molecule has 2 atom stereocenters. The summed E-state index contributed by atoms with van der Waals surface area (Å²) in [7, 11) is 1.94. The first kappa shape index (κ1) is 16.1. The van der Waals surface area contributed by atoms with Crippen LogP contribution < -0.4 is 10.6 Å². The van der Waals surface area contributed by atoms with Crippen molar-refractivity contribution in [3.8, 4) is 0 Å². The first-order chi connectivity index (χ1) is 11.2. The molecule has 3 rings (SSSR count). The molecule has 1 aromatic heterocycles. The monoisotopic (exact) mass is 375 g/mol. The average Bonchev–Trinajstić information content (AvgIpc) is 3.18. The molecule has 0 amide bonds. The largest absolute Gasteiger partial charge is 0.357 e. The first-order valence-electron chi connectivity index (χ1n) is 7.94. The Morgan fingerprint density at radius 1 is 1.35 bits per heavy atom. The zero-order valence-electron chi connectivity index (χ0n) is 13.5. The van der Waals surface area contributed by atoms with Crippen LogP contribution in [0.2, 0.25) is 0 Å². The minimum atomic E-state index is 0.459. The molecule has 2 unspecified atom stereocenters. The van der Waals surface area contributed by atoms with Crippen LogP contribution in [0, 0.1) is 0 Å². The average molecular weight is 376 g/mol. The van der Waals surface area contributed by atoms with E-state index in [0.717, 1.165) is 29.1 Å². The number of hydrogen-bond donors (Lipinski definition) is 2. The van der Waals surface area contributed by atoms with Crippen molar-refractivity contribution in [1.82, 2.24) is 20.4 Å². The van der Waals surface area contributed by atoms with Gasteiger partial charge in [-0.15, -0.1) is 0 Å². The second-order valence-electron chi connectivity index (χ2n) is 5.79. The molecule has 0 spiro atoms. The molecule has 1 heterocycles. The molecule has 2 aromatic rings. The third kappa shape index (κ3) is 4.13. The van der Waals surface area contributed by atoms with Gasteiger partial charge in [-0.05, 0) is 37.1 Å². The number of halogens is 1. The summed E-state index contributed by atoms with van der Waals surface area (Å²) in [6, 6.07) is 11.0. The van der Waals surface area contributed by atoms with Crippen molar-refractivity contribution in [3.05, 3.63) is 52.3 Å². The zero-order valence-corrected chi connectivity index (χ0v) is 15.0. The Hall–Kier alpha value is -1.82. The third-order valence-electron chi connectivity index (χ3n) is 4.08. The van der Waals surface area contributed by atoms with Gasteiger partial charge in [-0.3, -0.25) is 4.68 Å². The minimum Gasteiger partial charge on any atom is -0.357 e. The third-order valence-corrected chi connectivity index (χ3v) is 4.61. The van der Waals surface area contributed by atoms with Gasteiger partial charge in [0.1, 0.15) is 0 Å². The maximum atomic E-state index is 4.67. The molecule has 1 aliphatic carbocycles. The van der Waals surface area contributed by atoms with Crippen molar-refractivity contribution in [1.29, 1.82) is 0 Å². The van der Waals surface area contributed by atoms with Crippen molar-refractivity contribution in [3.63, 3.8) is 0 Å². The quantitative estimate of drug-likeness (QED) is 0.623. The molecule has 5 nitrogen and oxygen atoms in total. The lowest BCUT2D eigenvalue weighted by molar-refractivity contribution is 0.706. The van der Waals surface area contributed by atoms with E-state index in [1.165, 1.54) is 5.56 Å². The van der Waals surface area contributed by atoms with Crippen molar-refractivity contribution >= 4 is 21.9 Å². The van der Waals surface area contributed by atoms with E-state index in [9.17, 15) is 0 Å².